The van der Waals surface area contributed by atoms with Crippen molar-refractivity contribution in [2.45, 2.75) is 44.4 Å². The van der Waals surface area contributed by atoms with Crippen LogP contribution in [0.5, 0.6) is 11.5 Å². The lowest BCUT2D eigenvalue weighted by molar-refractivity contribution is 0.466. The van der Waals surface area contributed by atoms with Crippen LogP contribution in [0, 0.1) is 34.6 Å². The summed E-state index contributed by atoms with van der Waals surface area (Å²) >= 11 is 0. The van der Waals surface area contributed by atoms with Gasteiger partial charge in [0.25, 0.3) is 0 Å². The molecule has 0 aromatic heterocycles. The Balaban J connectivity index is 2.89. The second-order valence-electron chi connectivity index (χ2n) is 5.70. The minimum absolute atomic E-state index is 0.0452. The number of hydrogen-bond donors (Lipinski definition) is 2. The Labute approximate surface area is 131 Å². The molecule has 5 heteroatoms. The van der Waals surface area contributed by atoms with Crippen LogP contribution >= 0.6 is 0 Å². The van der Waals surface area contributed by atoms with Gasteiger partial charge in [-0.15, -0.1) is 0 Å². The number of phenols is 2. The highest BCUT2D eigenvalue weighted by Crippen LogP contribution is 2.37. The molecule has 0 fully saturated rings. The van der Waals surface area contributed by atoms with Crippen molar-refractivity contribution in [3.8, 4) is 11.5 Å². The van der Waals surface area contributed by atoms with Crippen LogP contribution < -0.4 is 0 Å². The second kappa shape index (κ2) is 5.32. The highest BCUT2D eigenvalue weighted by atomic mass is 32.2. The van der Waals surface area contributed by atoms with Gasteiger partial charge in [0.15, 0.2) is 0 Å². The lowest BCUT2D eigenvalue weighted by Crippen LogP contribution is -2.10. The average Bonchev–Trinajstić information content (AvgIpc) is 2.40. The van der Waals surface area contributed by atoms with E-state index in [-0.39, 0.29) is 21.3 Å². The van der Waals surface area contributed by atoms with E-state index in [9.17, 15) is 18.6 Å². The standard InChI is InChI=1S/C17H20O4S/c1-9-6-14(18)12(4)16(7-9)22(20,21)17-11(3)10(2)8-15(19)13(17)5/h6-8,18-19H,1-5H3. The van der Waals surface area contributed by atoms with Gasteiger partial charge >= 0.3 is 0 Å². The third-order valence-electron chi connectivity index (χ3n) is 4.05. The molecule has 2 aromatic carbocycles. The quantitative estimate of drug-likeness (QED) is 0.888. The Morgan fingerprint density at radius 2 is 1.32 bits per heavy atom. The van der Waals surface area contributed by atoms with Crippen LogP contribution in [-0.2, 0) is 9.84 Å². The van der Waals surface area contributed by atoms with E-state index in [4.69, 9.17) is 0 Å². The number of sulfone groups is 1. The molecule has 0 spiro atoms. The Hall–Kier alpha value is -2.01. The van der Waals surface area contributed by atoms with Gasteiger partial charge in [0.2, 0.25) is 9.84 Å². The van der Waals surface area contributed by atoms with Crippen molar-refractivity contribution in [1.29, 1.82) is 0 Å². The van der Waals surface area contributed by atoms with E-state index >= 15 is 0 Å². The lowest BCUT2D eigenvalue weighted by Gasteiger charge is -2.17. The SMILES string of the molecule is Cc1cc(O)c(C)c(S(=O)(=O)c2c(C)c(C)cc(O)c2C)c1. The zero-order valence-corrected chi connectivity index (χ0v) is 14.2. The Morgan fingerprint density at radius 3 is 1.91 bits per heavy atom. The van der Waals surface area contributed by atoms with Gasteiger partial charge in [-0.25, -0.2) is 8.42 Å². The van der Waals surface area contributed by atoms with Gasteiger partial charge < -0.3 is 10.2 Å². The van der Waals surface area contributed by atoms with E-state index in [1.54, 1.807) is 46.8 Å². The summed E-state index contributed by atoms with van der Waals surface area (Å²) in [5, 5.41) is 19.9. The summed E-state index contributed by atoms with van der Waals surface area (Å²) in [6, 6.07) is 4.63. The van der Waals surface area contributed by atoms with Crippen molar-refractivity contribution in [3.63, 3.8) is 0 Å². The van der Waals surface area contributed by atoms with Crippen LogP contribution in [-0.4, -0.2) is 18.6 Å². The maximum absolute atomic E-state index is 13.1. The fraction of sp³-hybridized carbons (Fsp3) is 0.294. The third kappa shape index (κ3) is 2.46. The summed E-state index contributed by atoms with van der Waals surface area (Å²) in [5.41, 5.74) is 2.61. The molecular weight excluding hydrogens is 300 g/mol. The second-order valence-corrected chi connectivity index (χ2v) is 7.56. The molecule has 2 N–H and O–H groups in total. The third-order valence-corrected chi connectivity index (χ3v) is 6.20. The fourth-order valence-corrected chi connectivity index (χ4v) is 4.74. The molecule has 4 nitrogen and oxygen atoms in total. The summed E-state index contributed by atoms with van der Waals surface area (Å²) in [7, 11) is -3.84. The first-order valence-electron chi connectivity index (χ1n) is 6.92. The zero-order chi connectivity index (χ0) is 16.8. The lowest BCUT2D eigenvalue weighted by atomic mass is 10.1. The first kappa shape index (κ1) is 16.4. The van der Waals surface area contributed by atoms with E-state index in [2.05, 4.69) is 0 Å². The number of phenolic OH excluding ortho intramolecular Hbond substituents is 2. The number of hydrogen-bond acceptors (Lipinski definition) is 4. The van der Waals surface area contributed by atoms with Crippen LogP contribution in [0.1, 0.15) is 27.8 Å². The van der Waals surface area contributed by atoms with Gasteiger partial charge in [0, 0.05) is 11.1 Å². The number of benzene rings is 2. The van der Waals surface area contributed by atoms with Crippen molar-refractivity contribution in [3.05, 3.63) is 46.0 Å². The molecule has 2 rings (SSSR count). The maximum Gasteiger partial charge on any atom is 0.207 e. The first-order chi connectivity index (χ1) is 10.1. The van der Waals surface area contributed by atoms with E-state index in [1.807, 2.05) is 0 Å². The van der Waals surface area contributed by atoms with Crippen LogP contribution in [0.4, 0.5) is 0 Å². The topological polar surface area (TPSA) is 74.6 Å². The molecule has 0 amide bonds. The Bertz CT molecular complexity index is 839. The molecule has 118 valence electrons. The summed E-state index contributed by atoms with van der Waals surface area (Å²) in [5.74, 6) is -0.0954. The van der Waals surface area contributed by atoms with Crippen molar-refractivity contribution >= 4 is 9.84 Å². The molecule has 0 bridgehead atoms. The highest BCUT2D eigenvalue weighted by molar-refractivity contribution is 7.91. The summed E-state index contributed by atoms with van der Waals surface area (Å²) < 4.78 is 26.2. The highest BCUT2D eigenvalue weighted by Gasteiger charge is 2.27. The number of rotatable bonds is 2. The average molecular weight is 320 g/mol. The fourth-order valence-electron chi connectivity index (χ4n) is 2.60. The van der Waals surface area contributed by atoms with Crippen LogP contribution in [0.2, 0.25) is 0 Å². The molecule has 0 saturated carbocycles. The van der Waals surface area contributed by atoms with Crippen LogP contribution in [0.25, 0.3) is 0 Å². The first-order valence-corrected chi connectivity index (χ1v) is 8.40. The van der Waals surface area contributed by atoms with Crippen molar-refractivity contribution in [1.82, 2.24) is 0 Å². The van der Waals surface area contributed by atoms with E-state index < -0.39 is 9.84 Å². The van der Waals surface area contributed by atoms with Gasteiger partial charge in [0.1, 0.15) is 11.5 Å². The molecule has 0 saturated heterocycles. The molecule has 0 unspecified atom stereocenters. The van der Waals surface area contributed by atoms with Gasteiger partial charge in [-0.1, -0.05) is 0 Å². The summed E-state index contributed by atoms with van der Waals surface area (Å²) in [6.07, 6.45) is 0. The van der Waals surface area contributed by atoms with Gasteiger partial charge in [-0.05, 0) is 69.5 Å². The monoisotopic (exact) mass is 320 g/mol. The maximum atomic E-state index is 13.1. The molecule has 22 heavy (non-hydrogen) atoms. The Kier molecular flexibility index (Phi) is 3.96. The Morgan fingerprint density at radius 1 is 0.773 bits per heavy atom. The van der Waals surface area contributed by atoms with Gasteiger partial charge in [-0.2, -0.15) is 0 Å². The molecule has 0 heterocycles. The van der Waals surface area contributed by atoms with Crippen molar-refractivity contribution < 1.29 is 18.6 Å². The molecule has 0 aliphatic rings. The van der Waals surface area contributed by atoms with E-state index in [0.717, 1.165) is 0 Å². The summed E-state index contributed by atoms with van der Waals surface area (Å²) in [4.78, 5) is 0.180. The molecule has 0 aliphatic heterocycles. The van der Waals surface area contributed by atoms with Gasteiger partial charge in [-0.3, -0.25) is 0 Å². The smallest absolute Gasteiger partial charge is 0.207 e. The van der Waals surface area contributed by atoms with Crippen LogP contribution in [0.3, 0.4) is 0 Å². The molecule has 0 atom stereocenters. The number of aromatic hydroxyl groups is 2. The number of aryl methyl sites for hydroxylation is 2. The van der Waals surface area contributed by atoms with Crippen molar-refractivity contribution in [2.75, 3.05) is 0 Å². The van der Waals surface area contributed by atoms with Crippen LogP contribution in [0.15, 0.2) is 28.0 Å². The molecule has 0 aliphatic carbocycles. The van der Waals surface area contributed by atoms with E-state index in [1.165, 1.54) is 6.07 Å². The minimum atomic E-state index is -3.84. The zero-order valence-electron chi connectivity index (χ0n) is 13.4. The van der Waals surface area contributed by atoms with Gasteiger partial charge in [0.05, 0.1) is 9.79 Å². The largest absolute Gasteiger partial charge is 0.508 e. The molecule has 2 aromatic rings. The minimum Gasteiger partial charge on any atom is -0.508 e. The predicted octanol–water partition coefficient (Wildman–Crippen LogP) is 3.47. The summed E-state index contributed by atoms with van der Waals surface area (Å²) in [6.45, 7) is 8.36. The predicted molar refractivity (Wildman–Crippen MR) is 85.4 cm³/mol. The molecule has 0 radical (unpaired) electrons. The van der Waals surface area contributed by atoms with Crippen molar-refractivity contribution in [2.24, 2.45) is 0 Å². The normalized spacial score (nSPS) is 11.7. The van der Waals surface area contributed by atoms with E-state index in [0.29, 0.717) is 27.8 Å². The molecular formula is C17H20O4S.